The lowest BCUT2D eigenvalue weighted by Crippen LogP contribution is -2.28. The summed E-state index contributed by atoms with van der Waals surface area (Å²) < 4.78 is 0. The zero-order valence-corrected chi connectivity index (χ0v) is 12.6. The van der Waals surface area contributed by atoms with E-state index in [1.807, 2.05) is 30.3 Å². The molecule has 2 rings (SSSR count). The molecule has 0 aliphatic carbocycles. The maximum absolute atomic E-state index is 12.6. The fourth-order valence-electron chi connectivity index (χ4n) is 2.19. The molecular formula is C17H19N3O. The molecule has 0 bridgehead atoms. The number of pyridine rings is 1. The van der Waals surface area contributed by atoms with E-state index in [2.05, 4.69) is 24.9 Å². The van der Waals surface area contributed by atoms with E-state index in [0.717, 1.165) is 16.6 Å². The fraction of sp³-hybridized carbons (Fsp3) is 0.353. The topological polar surface area (TPSA) is 57.0 Å². The molecule has 0 fully saturated rings. The molecule has 4 nitrogen and oxygen atoms in total. The van der Waals surface area contributed by atoms with Gasteiger partial charge in [0.2, 0.25) is 0 Å². The van der Waals surface area contributed by atoms with Crippen molar-refractivity contribution in [2.24, 2.45) is 0 Å². The van der Waals surface area contributed by atoms with Gasteiger partial charge >= 0.3 is 0 Å². The normalized spacial score (nSPS) is 10.6. The lowest BCUT2D eigenvalue weighted by Gasteiger charge is -2.18. The van der Waals surface area contributed by atoms with Crippen LogP contribution in [0, 0.1) is 11.3 Å². The Morgan fingerprint density at radius 3 is 2.76 bits per heavy atom. The first kappa shape index (κ1) is 15.0. The highest BCUT2D eigenvalue weighted by Crippen LogP contribution is 2.23. The van der Waals surface area contributed by atoms with E-state index in [0.29, 0.717) is 18.5 Å². The molecule has 1 aromatic carbocycles. The van der Waals surface area contributed by atoms with E-state index in [9.17, 15) is 4.79 Å². The van der Waals surface area contributed by atoms with Crippen molar-refractivity contribution < 1.29 is 4.79 Å². The van der Waals surface area contributed by atoms with Gasteiger partial charge in [-0.05, 0) is 18.1 Å². The Bertz CT molecular complexity index is 701. The van der Waals surface area contributed by atoms with Gasteiger partial charge in [-0.3, -0.25) is 9.78 Å². The molecule has 0 N–H and O–H groups in total. The lowest BCUT2D eigenvalue weighted by atomic mass is 10.0. The minimum absolute atomic E-state index is 0.0641. The number of rotatable bonds is 4. The molecule has 2 aromatic rings. The number of hydrogen-bond donors (Lipinski definition) is 0. The Kier molecular flexibility index (Phi) is 4.54. The van der Waals surface area contributed by atoms with Gasteiger partial charge in [0.15, 0.2) is 0 Å². The van der Waals surface area contributed by atoms with Crippen molar-refractivity contribution >= 4 is 16.8 Å². The zero-order chi connectivity index (χ0) is 15.4. The number of nitriles is 1. The lowest BCUT2D eigenvalue weighted by molar-refractivity contribution is 0.0799. The van der Waals surface area contributed by atoms with Crippen molar-refractivity contribution in [2.75, 3.05) is 13.6 Å². The summed E-state index contributed by atoms with van der Waals surface area (Å²) in [5.41, 5.74) is 2.40. The summed E-state index contributed by atoms with van der Waals surface area (Å²) in [6.07, 6.45) is 0.336. The summed E-state index contributed by atoms with van der Waals surface area (Å²) in [7, 11) is 1.73. The molecule has 0 radical (unpaired) electrons. The van der Waals surface area contributed by atoms with E-state index >= 15 is 0 Å². The van der Waals surface area contributed by atoms with Crippen LogP contribution in [-0.2, 0) is 0 Å². The molecule has 0 aliphatic rings. The number of benzene rings is 1. The Morgan fingerprint density at radius 2 is 2.10 bits per heavy atom. The van der Waals surface area contributed by atoms with Crippen LogP contribution in [0.5, 0.6) is 0 Å². The summed E-state index contributed by atoms with van der Waals surface area (Å²) in [5.74, 6) is 0.191. The monoisotopic (exact) mass is 281 g/mol. The van der Waals surface area contributed by atoms with Crippen molar-refractivity contribution in [1.82, 2.24) is 9.88 Å². The molecule has 0 spiro atoms. The first-order valence-corrected chi connectivity index (χ1v) is 7.06. The van der Waals surface area contributed by atoms with E-state index < -0.39 is 0 Å². The maximum Gasteiger partial charge on any atom is 0.254 e. The molecule has 0 atom stereocenters. The second-order valence-corrected chi connectivity index (χ2v) is 5.40. The average molecular weight is 281 g/mol. The van der Waals surface area contributed by atoms with Crippen molar-refractivity contribution in [3.05, 3.63) is 41.6 Å². The van der Waals surface area contributed by atoms with E-state index in [1.54, 1.807) is 11.9 Å². The number of aromatic nitrogens is 1. The molecule has 21 heavy (non-hydrogen) atoms. The molecule has 1 aromatic heterocycles. The van der Waals surface area contributed by atoms with Crippen LogP contribution < -0.4 is 0 Å². The molecule has 0 aliphatic heterocycles. The van der Waals surface area contributed by atoms with Crippen molar-refractivity contribution in [3.8, 4) is 6.07 Å². The highest BCUT2D eigenvalue weighted by molar-refractivity contribution is 6.06. The summed E-state index contributed by atoms with van der Waals surface area (Å²) in [6, 6.07) is 11.6. The number of para-hydroxylation sites is 1. The van der Waals surface area contributed by atoms with Crippen molar-refractivity contribution in [2.45, 2.75) is 26.2 Å². The quantitative estimate of drug-likeness (QED) is 0.863. The summed E-state index contributed by atoms with van der Waals surface area (Å²) in [6.45, 7) is 4.55. The first-order valence-electron chi connectivity index (χ1n) is 7.06. The fourth-order valence-corrected chi connectivity index (χ4v) is 2.19. The largest absolute Gasteiger partial charge is 0.341 e. The van der Waals surface area contributed by atoms with E-state index in [-0.39, 0.29) is 11.8 Å². The van der Waals surface area contributed by atoms with Gasteiger partial charge in [-0.15, -0.1) is 0 Å². The number of carbonyl (C=O) groups is 1. The predicted molar refractivity (Wildman–Crippen MR) is 83.0 cm³/mol. The van der Waals surface area contributed by atoms with Gasteiger partial charge in [-0.1, -0.05) is 32.0 Å². The smallest absolute Gasteiger partial charge is 0.254 e. The third-order valence-corrected chi connectivity index (χ3v) is 3.46. The Morgan fingerprint density at radius 1 is 1.38 bits per heavy atom. The van der Waals surface area contributed by atoms with Crippen LogP contribution in [0.3, 0.4) is 0 Å². The van der Waals surface area contributed by atoms with Crippen LogP contribution in [0.15, 0.2) is 30.3 Å². The Balaban J connectivity index is 2.51. The summed E-state index contributed by atoms with van der Waals surface area (Å²) >= 11 is 0. The van der Waals surface area contributed by atoms with Gasteiger partial charge in [0.25, 0.3) is 5.91 Å². The van der Waals surface area contributed by atoms with Crippen LogP contribution in [0.1, 0.15) is 42.2 Å². The van der Waals surface area contributed by atoms with E-state index in [1.165, 1.54) is 0 Å². The van der Waals surface area contributed by atoms with Crippen LogP contribution in [-0.4, -0.2) is 29.4 Å². The van der Waals surface area contributed by atoms with Gasteiger partial charge in [-0.2, -0.15) is 5.26 Å². The summed E-state index contributed by atoms with van der Waals surface area (Å²) in [4.78, 5) is 18.8. The second kappa shape index (κ2) is 6.36. The summed E-state index contributed by atoms with van der Waals surface area (Å²) in [5, 5.41) is 9.52. The minimum atomic E-state index is -0.0641. The standard InChI is InChI=1S/C17H19N3O/c1-12(2)16-11-14(17(21)20(3)10-6-9-18)13-7-4-5-8-15(13)19-16/h4-5,7-8,11-12H,6,10H2,1-3H3. The van der Waals surface area contributed by atoms with Gasteiger partial charge in [0.05, 0.1) is 23.6 Å². The van der Waals surface area contributed by atoms with Crippen LogP contribution in [0.4, 0.5) is 0 Å². The average Bonchev–Trinajstić information content (AvgIpc) is 2.50. The van der Waals surface area contributed by atoms with Gasteiger partial charge in [0.1, 0.15) is 0 Å². The van der Waals surface area contributed by atoms with E-state index in [4.69, 9.17) is 5.26 Å². The number of carbonyl (C=O) groups excluding carboxylic acids is 1. The molecule has 0 saturated carbocycles. The molecule has 4 heteroatoms. The minimum Gasteiger partial charge on any atom is -0.341 e. The maximum atomic E-state index is 12.6. The number of fused-ring (bicyclic) bond motifs is 1. The Labute approximate surface area is 125 Å². The second-order valence-electron chi connectivity index (χ2n) is 5.40. The highest BCUT2D eigenvalue weighted by Gasteiger charge is 2.17. The third-order valence-electron chi connectivity index (χ3n) is 3.46. The molecule has 0 unspecified atom stereocenters. The zero-order valence-electron chi connectivity index (χ0n) is 12.6. The van der Waals surface area contributed by atoms with Crippen LogP contribution in [0.2, 0.25) is 0 Å². The SMILES string of the molecule is CC(C)c1cc(C(=O)N(C)CCC#N)c2ccccc2n1. The highest BCUT2D eigenvalue weighted by atomic mass is 16.2. The van der Waals surface area contributed by atoms with Crippen LogP contribution in [0.25, 0.3) is 10.9 Å². The van der Waals surface area contributed by atoms with Gasteiger partial charge < -0.3 is 4.90 Å². The molecule has 1 heterocycles. The first-order chi connectivity index (χ1) is 10.0. The molecular weight excluding hydrogens is 262 g/mol. The molecule has 0 saturated heterocycles. The third kappa shape index (κ3) is 3.19. The van der Waals surface area contributed by atoms with Crippen molar-refractivity contribution in [1.29, 1.82) is 5.26 Å². The van der Waals surface area contributed by atoms with Crippen LogP contribution >= 0.6 is 0 Å². The molecule has 108 valence electrons. The Hall–Kier alpha value is -2.41. The number of nitrogens with zero attached hydrogens (tertiary/aromatic N) is 3. The predicted octanol–water partition coefficient (Wildman–Crippen LogP) is 3.34. The van der Waals surface area contributed by atoms with Gasteiger partial charge in [0, 0.05) is 24.7 Å². The van der Waals surface area contributed by atoms with Gasteiger partial charge in [-0.25, -0.2) is 0 Å². The molecule has 1 amide bonds. The number of amides is 1. The van der Waals surface area contributed by atoms with Crippen molar-refractivity contribution in [3.63, 3.8) is 0 Å². The number of hydrogen-bond acceptors (Lipinski definition) is 3.